The van der Waals surface area contributed by atoms with E-state index in [-0.39, 0.29) is 5.52 Å². The first-order chi connectivity index (χ1) is 14.3. The Morgan fingerprint density at radius 3 is 2.20 bits per heavy atom. The van der Waals surface area contributed by atoms with Crippen molar-refractivity contribution in [2.75, 3.05) is 26.8 Å². The van der Waals surface area contributed by atoms with Gasteiger partial charge in [0.2, 0.25) is 5.75 Å². The monoisotopic (exact) mass is 419 g/mol. The highest BCUT2D eigenvalue weighted by Crippen LogP contribution is 2.38. The molecule has 3 rings (SSSR count). The molecule has 0 saturated carbocycles. The Balaban J connectivity index is 1.93. The van der Waals surface area contributed by atoms with Gasteiger partial charge in [-0.2, -0.15) is 18.3 Å². The first-order valence-corrected chi connectivity index (χ1v) is 8.84. The fraction of sp³-hybridized carbons (Fsp3) is 0.238. The molecule has 0 amide bonds. The second-order valence-electron chi connectivity index (χ2n) is 6.37. The normalized spacial score (nSPS) is 11.7. The smallest absolute Gasteiger partial charge is 0.416 e. The zero-order valence-electron chi connectivity index (χ0n) is 16.8. The van der Waals surface area contributed by atoms with Crippen molar-refractivity contribution in [1.29, 1.82) is 0 Å². The number of aryl methyl sites for hydroxylation is 1. The number of methoxy groups -OCH3 is 3. The van der Waals surface area contributed by atoms with Crippen molar-refractivity contribution in [3.63, 3.8) is 0 Å². The molecule has 3 aromatic rings. The molecule has 0 atom stereocenters. The Kier molecular flexibility index (Phi) is 6.00. The summed E-state index contributed by atoms with van der Waals surface area (Å²) in [6.07, 6.45) is -2.89. The van der Waals surface area contributed by atoms with Crippen molar-refractivity contribution in [3.05, 3.63) is 53.2 Å². The van der Waals surface area contributed by atoms with Crippen LogP contribution in [0.2, 0.25) is 0 Å². The second kappa shape index (κ2) is 8.48. The molecule has 9 heteroatoms. The third-order valence-corrected chi connectivity index (χ3v) is 4.35. The molecule has 158 valence electrons. The number of hydrogen-bond donors (Lipinski definition) is 1. The number of halogens is 3. The van der Waals surface area contributed by atoms with E-state index in [4.69, 9.17) is 14.2 Å². The summed E-state index contributed by atoms with van der Waals surface area (Å²) in [4.78, 5) is 4.20. The summed E-state index contributed by atoms with van der Waals surface area (Å²) in [6.45, 7) is 1.70. The minimum absolute atomic E-state index is 0.232. The number of hydrazone groups is 1. The van der Waals surface area contributed by atoms with Gasteiger partial charge in [0.15, 0.2) is 11.5 Å². The van der Waals surface area contributed by atoms with E-state index >= 15 is 0 Å². The molecular weight excluding hydrogens is 399 g/mol. The molecule has 0 bridgehead atoms. The van der Waals surface area contributed by atoms with E-state index in [0.29, 0.717) is 39.6 Å². The van der Waals surface area contributed by atoms with Crippen LogP contribution in [0.5, 0.6) is 17.2 Å². The Bertz CT molecular complexity index is 1070. The Morgan fingerprint density at radius 2 is 1.63 bits per heavy atom. The summed E-state index contributed by atoms with van der Waals surface area (Å²) in [5.41, 5.74) is 4.13. The Morgan fingerprint density at radius 1 is 0.967 bits per heavy atom. The van der Waals surface area contributed by atoms with Gasteiger partial charge in [-0.1, -0.05) is 6.07 Å². The standard InChI is InChI=1S/C21H20F3N3O3/c1-12-7-17(15-6-5-14(21(22,23)24)10-16(15)26-12)27-25-11-13-8-18(28-2)20(30-4)19(9-13)29-3/h5-11H,1-4H3,(H,26,27)/b25-11+. The molecule has 1 aromatic heterocycles. The topological polar surface area (TPSA) is 65.0 Å². The maximum absolute atomic E-state index is 13.0. The summed E-state index contributed by atoms with van der Waals surface area (Å²) in [7, 11) is 4.53. The number of nitrogens with one attached hydrogen (secondary N) is 1. The number of fused-ring (bicyclic) bond motifs is 1. The van der Waals surface area contributed by atoms with Crippen LogP contribution in [0.25, 0.3) is 10.9 Å². The first kappa shape index (κ1) is 21.2. The van der Waals surface area contributed by atoms with E-state index in [1.165, 1.54) is 33.6 Å². The van der Waals surface area contributed by atoms with E-state index in [1.54, 1.807) is 25.1 Å². The molecule has 0 fully saturated rings. The van der Waals surface area contributed by atoms with Gasteiger partial charge in [-0.15, -0.1) is 0 Å². The molecular formula is C21H20F3N3O3. The average Bonchev–Trinajstić information content (AvgIpc) is 2.71. The Hall–Kier alpha value is -3.49. The third-order valence-electron chi connectivity index (χ3n) is 4.35. The predicted octanol–water partition coefficient (Wildman–Crippen LogP) is 5.03. The molecule has 0 aliphatic heterocycles. The molecule has 0 saturated heterocycles. The van der Waals surface area contributed by atoms with Crippen LogP contribution in [0, 0.1) is 6.92 Å². The SMILES string of the molecule is COc1cc(/C=N/Nc2cc(C)nc3cc(C(F)(F)F)ccc23)cc(OC)c1OC. The Labute approximate surface area is 171 Å². The van der Waals surface area contributed by atoms with Gasteiger partial charge >= 0.3 is 6.18 Å². The number of hydrogen-bond acceptors (Lipinski definition) is 6. The maximum atomic E-state index is 13.0. The van der Waals surface area contributed by atoms with Gasteiger partial charge in [0.05, 0.1) is 44.3 Å². The number of aromatic nitrogens is 1. The molecule has 1 N–H and O–H groups in total. The van der Waals surface area contributed by atoms with Crippen LogP contribution in [-0.2, 0) is 6.18 Å². The summed E-state index contributed by atoms with van der Waals surface area (Å²) in [6, 6.07) is 8.57. The molecule has 0 unspecified atom stereocenters. The van der Waals surface area contributed by atoms with Gasteiger partial charge in [-0.05, 0) is 37.3 Å². The molecule has 6 nitrogen and oxygen atoms in total. The highest BCUT2D eigenvalue weighted by Gasteiger charge is 2.30. The summed E-state index contributed by atoms with van der Waals surface area (Å²) >= 11 is 0. The van der Waals surface area contributed by atoms with Crippen LogP contribution in [0.1, 0.15) is 16.8 Å². The molecule has 0 aliphatic rings. The molecule has 0 aliphatic carbocycles. The molecule has 0 spiro atoms. The molecule has 0 radical (unpaired) electrons. The summed E-state index contributed by atoms with van der Waals surface area (Å²) in [5.74, 6) is 1.41. The number of benzene rings is 2. The van der Waals surface area contributed by atoms with E-state index in [0.717, 1.165) is 12.1 Å². The third kappa shape index (κ3) is 4.40. The lowest BCUT2D eigenvalue weighted by Crippen LogP contribution is -2.05. The van der Waals surface area contributed by atoms with Gasteiger partial charge in [0.1, 0.15) is 0 Å². The molecule has 2 aromatic carbocycles. The van der Waals surface area contributed by atoms with Crippen LogP contribution in [-0.4, -0.2) is 32.5 Å². The number of alkyl halides is 3. The largest absolute Gasteiger partial charge is 0.493 e. The van der Waals surface area contributed by atoms with E-state index in [9.17, 15) is 13.2 Å². The lowest BCUT2D eigenvalue weighted by molar-refractivity contribution is -0.137. The van der Waals surface area contributed by atoms with Crippen molar-refractivity contribution in [2.45, 2.75) is 13.1 Å². The van der Waals surface area contributed by atoms with Crippen molar-refractivity contribution < 1.29 is 27.4 Å². The first-order valence-electron chi connectivity index (χ1n) is 8.84. The highest BCUT2D eigenvalue weighted by molar-refractivity contribution is 5.92. The molecule has 1 heterocycles. The van der Waals surface area contributed by atoms with Crippen molar-refractivity contribution in [2.24, 2.45) is 5.10 Å². The zero-order valence-corrected chi connectivity index (χ0v) is 16.8. The van der Waals surface area contributed by atoms with Crippen molar-refractivity contribution in [3.8, 4) is 17.2 Å². The van der Waals surface area contributed by atoms with Gasteiger partial charge in [-0.3, -0.25) is 10.4 Å². The van der Waals surface area contributed by atoms with E-state index < -0.39 is 11.7 Å². The highest BCUT2D eigenvalue weighted by atomic mass is 19.4. The second-order valence-corrected chi connectivity index (χ2v) is 6.37. The number of ether oxygens (including phenoxy) is 3. The zero-order chi connectivity index (χ0) is 21.9. The number of rotatable bonds is 6. The van der Waals surface area contributed by atoms with Gasteiger partial charge in [0.25, 0.3) is 0 Å². The summed E-state index contributed by atoms with van der Waals surface area (Å²) < 4.78 is 54.9. The lowest BCUT2D eigenvalue weighted by atomic mass is 10.1. The van der Waals surface area contributed by atoms with Crippen molar-refractivity contribution >= 4 is 22.8 Å². The number of nitrogens with zero attached hydrogens (tertiary/aromatic N) is 2. The summed E-state index contributed by atoms with van der Waals surface area (Å²) in [5, 5.41) is 4.73. The number of pyridine rings is 1. The average molecular weight is 419 g/mol. The van der Waals surface area contributed by atoms with Gasteiger partial charge in [-0.25, -0.2) is 0 Å². The van der Waals surface area contributed by atoms with Crippen molar-refractivity contribution in [1.82, 2.24) is 4.98 Å². The van der Waals surface area contributed by atoms with Gasteiger partial charge in [0, 0.05) is 16.6 Å². The van der Waals surface area contributed by atoms with E-state index in [2.05, 4.69) is 15.5 Å². The maximum Gasteiger partial charge on any atom is 0.416 e. The quantitative estimate of drug-likeness (QED) is 0.448. The van der Waals surface area contributed by atoms with Crippen LogP contribution in [0.15, 0.2) is 41.5 Å². The van der Waals surface area contributed by atoms with Crippen LogP contribution >= 0.6 is 0 Å². The lowest BCUT2D eigenvalue weighted by Gasteiger charge is -2.13. The fourth-order valence-electron chi connectivity index (χ4n) is 2.98. The fourth-order valence-corrected chi connectivity index (χ4v) is 2.98. The minimum Gasteiger partial charge on any atom is -0.493 e. The predicted molar refractivity (Wildman–Crippen MR) is 109 cm³/mol. The van der Waals surface area contributed by atoms with Crippen LogP contribution < -0.4 is 19.6 Å². The van der Waals surface area contributed by atoms with Crippen LogP contribution in [0.3, 0.4) is 0 Å². The van der Waals surface area contributed by atoms with Gasteiger partial charge < -0.3 is 14.2 Å². The minimum atomic E-state index is -4.43. The molecule has 30 heavy (non-hydrogen) atoms. The van der Waals surface area contributed by atoms with E-state index in [1.807, 2.05) is 0 Å². The number of anilines is 1. The van der Waals surface area contributed by atoms with Crippen LogP contribution in [0.4, 0.5) is 18.9 Å².